The minimum Gasteiger partial charge on any atom is -0.309 e. The summed E-state index contributed by atoms with van der Waals surface area (Å²) in [6, 6.07) is 92.1. The van der Waals surface area contributed by atoms with Gasteiger partial charge in [0.25, 0.3) is 0 Å². The largest absolute Gasteiger partial charge is 0.309 e. The fraction of sp³-hybridized carbons (Fsp3) is 0.122. The third-order valence-corrected chi connectivity index (χ3v) is 20.4. The van der Waals surface area contributed by atoms with E-state index in [1.54, 1.807) is 0 Å². The van der Waals surface area contributed by atoms with Gasteiger partial charge in [0.2, 0.25) is 0 Å². The molecule has 18 rings (SSSR count). The Hall–Kier alpha value is -9.76. The number of hydrogen-bond donors (Lipinski definition) is 0. The average molecular weight is 1070 g/mol. The van der Waals surface area contributed by atoms with Gasteiger partial charge in [-0.3, -0.25) is 0 Å². The smallest absolute Gasteiger partial charge is 0.0541 e. The zero-order valence-corrected chi connectivity index (χ0v) is 47.0. The summed E-state index contributed by atoms with van der Waals surface area (Å²) in [4.78, 5) is 0. The van der Waals surface area contributed by atoms with Crippen LogP contribution in [0.3, 0.4) is 0 Å². The van der Waals surface area contributed by atoms with Crippen LogP contribution in [0.15, 0.2) is 243 Å². The monoisotopic (exact) mass is 1070 g/mol. The molecule has 0 radical (unpaired) electrons. The third kappa shape index (κ3) is 7.04. The minimum atomic E-state index is 0.0402. The second kappa shape index (κ2) is 18.4. The Labute approximate surface area is 489 Å². The van der Waals surface area contributed by atoms with Crippen molar-refractivity contribution in [3.8, 4) is 44.8 Å². The van der Waals surface area contributed by atoms with Crippen molar-refractivity contribution in [2.75, 3.05) is 0 Å². The van der Waals surface area contributed by atoms with Crippen molar-refractivity contribution in [3.63, 3.8) is 0 Å². The Morgan fingerprint density at radius 1 is 0.262 bits per heavy atom. The Morgan fingerprint density at radius 2 is 0.595 bits per heavy atom. The lowest BCUT2D eigenvalue weighted by atomic mass is 9.75. The Balaban J connectivity index is 0.646. The number of aromatic nitrogens is 2. The highest BCUT2D eigenvalue weighted by molar-refractivity contribution is 6.13. The molecule has 2 heterocycles. The van der Waals surface area contributed by atoms with Gasteiger partial charge in [0.15, 0.2) is 0 Å². The number of benzene rings is 12. The molecule has 0 saturated heterocycles. The van der Waals surface area contributed by atoms with Gasteiger partial charge in [0.05, 0.1) is 33.4 Å². The fourth-order valence-electron chi connectivity index (χ4n) is 16.5. The molecule has 2 nitrogen and oxygen atoms in total. The van der Waals surface area contributed by atoms with Crippen LogP contribution in [0.25, 0.3) is 134 Å². The van der Waals surface area contributed by atoms with Gasteiger partial charge in [-0.05, 0) is 175 Å². The molecule has 12 aromatic carbocycles. The molecule has 398 valence electrons. The lowest BCUT2D eigenvalue weighted by molar-refractivity contribution is 0.549. The standard InChI is InChI=1S/C82H60N2/c1-3-19-61-57(15-1)17-13-25-75(61)83-77-23-7-5-21-67(77)69-47-53(33-41-79(69)83)27-29-55-31-37-63-65-39-35-59(51-73(65)81(71(63)49-55)43-9-10-44-81)60-36-40-66-64-38-32-56(50-72(64)82(74(66)52-60)45-11-12-46-82)30-28-54-34-42-80-70(48-54)68-22-6-8-24-78(68)84(80)76-26-14-18-58-16-2-4-20-62(58)76/h1-8,13-42,47-52H,9-12,43-46H2. The van der Waals surface area contributed by atoms with Crippen LogP contribution in [0, 0.1) is 0 Å². The van der Waals surface area contributed by atoms with Gasteiger partial charge in [0, 0.05) is 43.1 Å². The summed E-state index contributed by atoms with van der Waals surface area (Å²) in [5, 5.41) is 10.1. The molecule has 0 atom stereocenters. The van der Waals surface area contributed by atoms with E-state index in [0.29, 0.717) is 0 Å². The van der Waals surface area contributed by atoms with E-state index >= 15 is 0 Å². The van der Waals surface area contributed by atoms with Crippen LogP contribution in [0.1, 0.15) is 95.9 Å². The number of fused-ring (bicyclic) bond motifs is 18. The normalized spacial score (nSPS) is 15.6. The maximum Gasteiger partial charge on any atom is 0.0541 e. The van der Waals surface area contributed by atoms with Crippen molar-refractivity contribution in [3.05, 3.63) is 287 Å². The quantitative estimate of drug-likeness (QED) is 0.141. The molecule has 0 unspecified atom stereocenters. The number of hydrogen-bond acceptors (Lipinski definition) is 0. The maximum atomic E-state index is 2.60. The summed E-state index contributed by atoms with van der Waals surface area (Å²) in [6.45, 7) is 0. The highest BCUT2D eigenvalue weighted by Gasteiger charge is 2.47. The van der Waals surface area contributed by atoms with Crippen LogP contribution in [-0.4, -0.2) is 9.13 Å². The van der Waals surface area contributed by atoms with Crippen LogP contribution in [0.5, 0.6) is 0 Å². The first-order chi connectivity index (χ1) is 41.6. The molecule has 2 fully saturated rings. The van der Waals surface area contributed by atoms with Gasteiger partial charge in [-0.15, -0.1) is 0 Å². The molecule has 4 aliphatic rings. The van der Waals surface area contributed by atoms with E-state index in [1.165, 1.54) is 206 Å². The van der Waals surface area contributed by atoms with E-state index in [2.05, 4.69) is 276 Å². The summed E-state index contributed by atoms with van der Waals surface area (Å²) < 4.78 is 4.90. The van der Waals surface area contributed by atoms with Crippen LogP contribution >= 0.6 is 0 Å². The summed E-state index contributed by atoms with van der Waals surface area (Å²) in [5.41, 5.74) is 26.9. The van der Waals surface area contributed by atoms with Crippen molar-refractivity contribution < 1.29 is 0 Å². The highest BCUT2D eigenvalue weighted by Crippen LogP contribution is 2.60. The topological polar surface area (TPSA) is 9.86 Å². The predicted octanol–water partition coefficient (Wildman–Crippen LogP) is 21.9. The molecule has 2 spiro atoms. The van der Waals surface area contributed by atoms with Crippen molar-refractivity contribution in [1.82, 2.24) is 9.13 Å². The van der Waals surface area contributed by atoms with Gasteiger partial charge in [-0.25, -0.2) is 0 Å². The van der Waals surface area contributed by atoms with E-state index in [4.69, 9.17) is 0 Å². The van der Waals surface area contributed by atoms with Crippen LogP contribution < -0.4 is 0 Å². The molecule has 0 bridgehead atoms. The molecular formula is C82H60N2. The van der Waals surface area contributed by atoms with Crippen LogP contribution in [-0.2, 0) is 10.8 Å². The lowest BCUT2D eigenvalue weighted by Crippen LogP contribution is -2.21. The van der Waals surface area contributed by atoms with Crippen LogP contribution in [0.4, 0.5) is 0 Å². The number of para-hydroxylation sites is 2. The number of rotatable bonds is 7. The molecule has 0 aliphatic heterocycles. The summed E-state index contributed by atoms with van der Waals surface area (Å²) in [7, 11) is 0. The van der Waals surface area contributed by atoms with E-state index in [9.17, 15) is 0 Å². The molecule has 2 aromatic heterocycles. The highest BCUT2D eigenvalue weighted by atomic mass is 15.0. The van der Waals surface area contributed by atoms with Crippen LogP contribution in [0.2, 0.25) is 0 Å². The zero-order valence-electron chi connectivity index (χ0n) is 47.0. The zero-order chi connectivity index (χ0) is 55.1. The van der Waals surface area contributed by atoms with E-state index in [1.807, 2.05) is 0 Å². The number of nitrogens with zero attached hydrogens (tertiary/aromatic N) is 2. The molecule has 4 aliphatic carbocycles. The Morgan fingerprint density at radius 3 is 1.04 bits per heavy atom. The molecular weight excluding hydrogens is 1010 g/mol. The van der Waals surface area contributed by atoms with Crippen molar-refractivity contribution in [2.45, 2.75) is 62.2 Å². The van der Waals surface area contributed by atoms with Gasteiger partial charge < -0.3 is 9.13 Å². The van der Waals surface area contributed by atoms with E-state index in [-0.39, 0.29) is 10.8 Å². The second-order valence-corrected chi connectivity index (χ2v) is 24.6. The Kier molecular flexibility index (Phi) is 10.5. The minimum absolute atomic E-state index is 0.0402. The summed E-state index contributed by atoms with van der Waals surface area (Å²) in [6.07, 6.45) is 19.2. The molecule has 14 aromatic rings. The summed E-state index contributed by atoms with van der Waals surface area (Å²) in [5.74, 6) is 0. The third-order valence-electron chi connectivity index (χ3n) is 20.4. The SMILES string of the molecule is C(=Cc1ccc2c(c1)c1ccccc1n2-c1cccc2ccccc12)c1ccc2c(c1)C1(CCCC1)c1cc(-c3ccc4c(c3)C3(CCCC3)c3cc(C=Cc5ccc6c(c5)c5ccccc5n6-c5cccc6ccccc56)ccc3-4)ccc1-2. The van der Waals surface area contributed by atoms with Gasteiger partial charge in [-0.2, -0.15) is 0 Å². The predicted molar refractivity (Wildman–Crippen MR) is 356 cm³/mol. The average Bonchev–Trinajstić information content (AvgIpc) is 1.88. The van der Waals surface area contributed by atoms with E-state index in [0.717, 1.165) is 0 Å². The molecule has 2 saturated carbocycles. The molecule has 2 heteroatoms. The summed E-state index contributed by atoms with van der Waals surface area (Å²) >= 11 is 0. The molecule has 0 amide bonds. The maximum absolute atomic E-state index is 2.60. The van der Waals surface area contributed by atoms with Crippen molar-refractivity contribution in [2.24, 2.45) is 0 Å². The van der Waals surface area contributed by atoms with Crippen molar-refractivity contribution in [1.29, 1.82) is 0 Å². The van der Waals surface area contributed by atoms with E-state index < -0.39 is 0 Å². The lowest BCUT2D eigenvalue weighted by Gasteiger charge is -2.28. The van der Waals surface area contributed by atoms with Gasteiger partial charge in [0.1, 0.15) is 0 Å². The molecule has 84 heavy (non-hydrogen) atoms. The molecule has 0 N–H and O–H groups in total. The van der Waals surface area contributed by atoms with Crippen molar-refractivity contribution >= 4 is 89.5 Å². The Bertz CT molecular complexity index is 4820. The first kappa shape index (κ1) is 47.8. The first-order valence-corrected chi connectivity index (χ1v) is 30.6. The fourth-order valence-corrected chi connectivity index (χ4v) is 16.5. The van der Waals surface area contributed by atoms with Gasteiger partial charge >= 0.3 is 0 Å². The first-order valence-electron chi connectivity index (χ1n) is 30.6. The second-order valence-electron chi connectivity index (χ2n) is 24.6. The van der Waals surface area contributed by atoms with Gasteiger partial charge in [-0.1, -0.05) is 232 Å².